The van der Waals surface area contributed by atoms with Crippen LogP contribution in [0.4, 0.5) is 18.9 Å². The minimum absolute atomic E-state index is 0.0631. The molecule has 0 bridgehead atoms. The maximum Gasteiger partial charge on any atom is 0.417 e. The van der Waals surface area contributed by atoms with Crippen LogP contribution in [-0.2, 0) is 30.5 Å². The van der Waals surface area contributed by atoms with Crippen LogP contribution in [0.1, 0.15) is 12.5 Å². The molecule has 0 saturated heterocycles. The number of esters is 1. The van der Waals surface area contributed by atoms with E-state index < -0.39 is 51.3 Å². The van der Waals surface area contributed by atoms with Gasteiger partial charge in [-0.25, -0.2) is 8.42 Å². The third-order valence-electron chi connectivity index (χ3n) is 3.68. The van der Waals surface area contributed by atoms with Gasteiger partial charge in [0.25, 0.3) is 5.91 Å². The van der Waals surface area contributed by atoms with Gasteiger partial charge in [0.15, 0.2) is 6.10 Å². The molecule has 12 heteroatoms. The van der Waals surface area contributed by atoms with Crippen molar-refractivity contribution in [2.75, 3.05) is 11.9 Å². The standard InChI is InChI=1S/C18H16ClF3N2O5S/c1-11(17(26)24-12-7-8-15(19)14(9-12)18(20,21)22)29-16(25)10-23-30(27,28)13-5-3-2-4-6-13/h2-9,11,23H,10H2,1H3,(H,24,26). The lowest BCUT2D eigenvalue weighted by molar-refractivity contribution is -0.151. The number of hydrogen-bond acceptors (Lipinski definition) is 5. The van der Waals surface area contributed by atoms with Crippen LogP contribution in [0.2, 0.25) is 5.02 Å². The first kappa shape index (κ1) is 23.6. The van der Waals surface area contributed by atoms with Crippen molar-refractivity contribution in [1.82, 2.24) is 4.72 Å². The monoisotopic (exact) mass is 464 g/mol. The number of halogens is 4. The van der Waals surface area contributed by atoms with Crippen molar-refractivity contribution in [3.63, 3.8) is 0 Å². The number of alkyl halides is 3. The molecule has 0 aromatic heterocycles. The summed E-state index contributed by atoms with van der Waals surface area (Å²) in [5.74, 6) is -1.96. The van der Waals surface area contributed by atoms with Crippen LogP contribution in [0, 0.1) is 0 Å². The van der Waals surface area contributed by atoms with Crippen molar-refractivity contribution in [1.29, 1.82) is 0 Å². The Morgan fingerprint density at radius 2 is 1.77 bits per heavy atom. The van der Waals surface area contributed by atoms with Gasteiger partial charge < -0.3 is 10.1 Å². The minimum atomic E-state index is -4.72. The van der Waals surface area contributed by atoms with Gasteiger partial charge in [0, 0.05) is 5.69 Å². The molecule has 0 aliphatic rings. The number of ether oxygens (including phenoxy) is 1. The molecule has 1 unspecified atom stereocenters. The molecule has 2 N–H and O–H groups in total. The Labute approximate surface area is 175 Å². The Balaban J connectivity index is 1.94. The molecule has 1 amide bonds. The molecule has 0 fully saturated rings. The molecule has 2 aromatic carbocycles. The van der Waals surface area contributed by atoms with Gasteiger partial charge in [-0.05, 0) is 37.3 Å². The Bertz CT molecular complexity index is 1030. The predicted octanol–water partition coefficient (Wildman–Crippen LogP) is 3.21. The van der Waals surface area contributed by atoms with E-state index in [1.54, 1.807) is 6.07 Å². The van der Waals surface area contributed by atoms with E-state index in [4.69, 9.17) is 16.3 Å². The summed E-state index contributed by atoms with van der Waals surface area (Å²) in [6.07, 6.45) is -6.12. The molecule has 1 atom stereocenters. The molecule has 0 spiro atoms. The second-order valence-electron chi connectivity index (χ2n) is 5.95. The molecule has 7 nitrogen and oxygen atoms in total. The largest absolute Gasteiger partial charge is 0.452 e. The molecule has 0 heterocycles. The lowest BCUT2D eigenvalue weighted by Gasteiger charge is -2.15. The van der Waals surface area contributed by atoms with E-state index in [2.05, 4.69) is 5.32 Å². The molecule has 0 aliphatic heterocycles. The minimum Gasteiger partial charge on any atom is -0.452 e. The van der Waals surface area contributed by atoms with Crippen molar-refractivity contribution in [3.8, 4) is 0 Å². The van der Waals surface area contributed by atoms with Crippen molar-refractivity contribution in [2.24, 2.45) is 0 Å². The quantitative estimate of drug-likeness (QED) is 0.613. The van der Waals surface area contributed by atoms with Crippen LogP contribution in [0.25, 0.3) is 0 Å². The maximum absolute atomic E-state index is 12.9. The van der Waals surface area contributed by atoms with E-state index in [1.165, 1.54) is 31.2 Å². The molecular formula is C18H16ClF3N2O5S. The van der Waals surface area contributed by atoms with Gasteiger partial charge in [-0.1, -0.05) is 29.8 Å². The first-order valence-electron chi connectivity index (χ1n) is 8.32. The summed E-state index contributed by atoms with van der Waals surface area (Å²) in [7, 11) is -3.95. The maximum atomic E-state index is 12.9. The number of carbonyl (C=O) groups is 2. The number of benzene rings is 2. The average Bonchev–Trinajstić information content (AvgIpc) is 2.67. The highest BCUT2D eigenvalue weighted by atomic mass is 35.5. The Kier molecular flexibility index (Phi) is 7.45. The summed E-state index contributed by atoms with van der Waals surface area (Å²) in [4.78, 5) is 23.8. The fourth-order valence-corrected chi connectivity index (χ4v) is 3.41. The number of hydrogen-bond donors (Lipinski definition) is 2. The van der Waals surface area contributed by atoms with E-state index in [1.807, 2.05) is 4.72 Å². The van der Waals surface area contributed by atoms with Crippen molar-refractivity contribution >= 4 is 39.2 Å². The fraction of sp³-hybridized carbons (Fsp3) is 0.222. The SMILES string of the molecule is CC(OC(=O)CNS(=O)(=O)c1ccccc1)C(=O)Nc1ccc(Cl)c(C(F)(F)F)c1. The summed E-state index contributed by atoms with van der Waals surface area (Å²) >= 11 is 5.51. The smallest absolute Gasteiger partial charge is 0.417 e. The van der Waals surface area contributed by atoms with E-state index in [9.17, 15) is 31.2 Å². The highest BCUT2D eigenvalue weighted by Gasteiger charge is 2.33. The molecule has 0 aliphatic carbocycles. The first-order valence-corrected chi connectivity index (χ1v) is 10.2. The van der Waals surface area contributed by atoms with E-state index in [0.29, 0.717) is 6.07 Å². The van der Waals surface area contributed by atoms with Gasteiger partial charge in [0.1, 0.15) is 6.54 Å². The molecule has 2 rings (SSSR count). The van der Waals surface area contributed by atoms with Crippen molar-refractivity contribution in [2.45, 2.75) is 24.1 Å². The van der Waals surface area contributed by atoms with E-state index in [0.717, 1.165) is 12.1 Å². The molecule has 2 aromatic rings. The normalized spacial score (nSPS) is 12.8. The number of nitrogens with one attached hydrogen (secondary N) is 2. The number of amides is 1. The predicted molar refractivity (Wildman–Crippen MR) is 102 cm³/mol. The molecule has 30 heavy (non-hydrogen) atoms. The molecule has 162 valence electrons. The van der Waals surface area contributed by atoms with Gasteiger partial charge >= 0.3 is 12.1 Å². The number of rotatable bonds is 7. The first-order chi connectivity index (χ1) is 13.9. The number of anilines is 1. The van der Waals surface area contributed by atoms with Gasteiger partial charge in [0.2, 0.25) is 10.0 Å². The summed E-state index contributed by atoms with van der Waals surface area (Å²) in [5.41, 5.74) is -1.34. The highest BCUT2D eigenvalue weighted by molar-refractivity contribution is 7.89. The van der Waals surface area contributed by atoms with Crippen LogP contribution < -0.4 is 10.0 Å². The Morgan fingerprint density at radius 3 is 2.37 bits per heavy atom. The van der Waals surface area contributed by atoms with Crippen molar-refractivity contribution < 1.29 is 35.9 Å². The summed E-state index contributed by atoms with van der Waals surface area (Å²) in [5, 5.41) is 1.64. The van der Waals surface area contributed by atoms with Gasteiger partial charge in [0.05, 0.1) is 15.5 Å². The highest BCUT2D eigenvalue weighted by Crippen LogP contribution is 2.36. The van der Waals surface area contributed by atoms with Crippen LogP contribution in [0.15, 0.2) is 53.4 Å². The topological polar surface area (TPSA) is 102 Å². The molecule has 0 saturated carbocycles. The Hall–Kier alpha value is -2.63. The van der Waals surface area contributed by atoms with Crippen molar-refractivity contribution in [3.05, 3.63) is 59.1 Å². The van der Waals surface area contributed by atoms with E-state index >= 15 is 0 Å². The van der Waals surface area contributed by atoms with Gasteiger partial charge in [-0.15, -0.1) is 0 Å². The number of carbonyl (C=O) groups excluding carboxylic acids is 2. The third kappa shape index (κ3) is 6.44. The average molecular weight is 465 g/mol. The van der Waals surface area contributed by atoms with Crippen LogP contribution in [-0.4, -0.2) is 32.9 Å². The lowest BCUT2D eigenvalue weighted by atomic mass is 10.2. The number of sulfonamides is 1. The van der Waals surface area contributed by atoms with Crippen LogP contribution >= 0.6 is 11.6 Å². The van der Waals surface area contributed by atoms with Crippen LogP contribution in [0.3, 0.4) is 0 Å². The summed E-state index contributed by atoms with van der Waals surface area (Å²) < 4.78 is 69.5. The molecule has 0 radical (unpaired) electrons. The third-order valence-corrected chi connectivity index (χ3v) is 5.42. The zero-order valence-corrected chi connectivity index (χ0v) is 16.9. The lowest BCUT2D eigenvalue weighted by Crippen LogP contribution is -2.35. The van der Waals surface area contributed by atoms with Gasteiger partial charge in [-0.3, -0.25) is 9.59 Å². The van der Waals surface area contributed by atoms with E-state index in [-0.39, 0.29) is 10.6 Å². The molecular weight excluding hydrogens is 449 g/mol. The van der Waals surface area contributed by atoms with Crippen LogP contribution in [0.5, 0.6) is 0 Å². The second-order valence-corrected chi connectivity index (χ2v) is 8.13. The summed E-state index contributed by atoms with van der Waals surface area (Å²) in [6.45, 7) is 0.438. The fourth-order valence-electron chi connectivity index (χ4n) is 2.19. The second kappa shape index (κ2) is 9.45. The Morgan fingerprint density at radius 1 is 1.13 bits per heavy atom. The van der Waals surface area contributed by atoms with Gasteiger partial charge in [-0.2, -0.15) is 17.9 Å². The zero-order valence-electron chi connectivity index (χ0n) is 15.4. The zero-order chi connectivity index (χ0) is 22.5. The summed E-state index contributed by atoms with van der Waals surface area (Å²) in [6, 6.07) is 10.0.